The van der Waals surface area contributed by atoms with Crippen molar-refractivity contribution in [3.05, 3.63) is 54.6 Å². The molecule has 0 bridgehead atoms. The predicted molar refractivity (Wildman–Crippen MR) is 172 cm³/mol. The minimum Gasteiger partial charge on any atom is -0.397 e. The van der Waals surface area contributed by atoms with Gasteiger partial charge in [0.1, 0.15) is 22.0 Å². The molecule has 0 unspecified atom stereocenters. The predicted octanol–water partition coefficient (Wildman–Crippen LogP) is 4.94. The Morgan fingerprint density at radius 3 is 1.80 bits per heavy atom. The molecule has 0 aliphatic rings. The van der Waals surface area contributed by atoms with Gasteiger partial charge in [-0.2, -0.15) is 13.5 Å². The molecule has 6 N–H and O–H groups in total. The van der Waals surface area contributed by atoms with Gasteiger partial charge in [-0.05, 0) is 54.6 Å². The van der Waals surface area contributed by atoms with Crippen LogP contribution >= 0.6 is 24.6 Å². The number of nitrogen functional groups attached to an aromatic ring is 1. The molecular weight excluding hydrogens is 761 g/mol. The summed E-state index contributed by atoms with van der Waals surface area (Å²) in [5.74, 6) is -1.03. The third-order valence-corrected chi connectivity index (χ3v) is 10.8. The van der Waals surface area contributed by atoms with Gasteiger partial charge in [0.15, 0.2) is 44.3 Å². The summed E-state index contributed by atoms with van der Waals surface area (Å²) < 4.78 is 102. The van der Waals surface area contributed by atoms with E-state index in [-0.39, 0.29) is 58.9 Å². The minimum atomic E-state index is -4.99. The fourth-order valence-electron chi connectivity index (χ4n) is 3.54. The molecule has 26 heteroatoms. The van der Waals surface area contributed by atoms with Crippen molar-refractivity contribution in [1.82, 2.24) is 0 Å². The van der Waals surface area contributed by atoms with Gasteiger partial charge in [0.2, 0.25) is 0 Å². The van der Waals surface area contributed by atoms with Crippen molar-refractivity contribution in [1.29, 1.82) is 0 Å². The van der Waals surface area contributed by atoms with Crippen LogP contribution in [0.2, 0.25) is 0 Å². The van der Waals surface area contributed by atoms with E-state index in [1.165, 1.54) is 36.4 Å². The molecule has 0 spiro atoms. The Hall–Kier alpha value is -3.35. The molecule has 268 valence electrons. The standard InChI is InChI=1S/C23H26N6O15S5/c1-25-21-13-18(24)20(28-26-15-2-4-16(5-3-15)47(32,33)10-8-39-45-43-41-30)14-22(21)29-27-19-7-6-17(12-23(19)49(36,37)38)48(34,35)11-9-40-46-44-42-31/h2-7,12-14,25,30-31H,8-11,24H2,1H3,(H,36,37,38)/b28-26+,29-27+. The van der Waals surface area contributed by atoms with Gasteiger partial charge in [-0.3, -0.25) is 12.9 Å². The molecule has 0 aliphatic heterocycles. The maximum Gasteiger partial charge on any atom is 0.296 e. The summed E-state index contributed by atoms with van der Waals surface area (Å²) in [4.78, 5) is -1.35. The van der Waals surface area contributed by atoms with Gasteiger partial charge in [-0.15, -0.1) is 24.0 Å². The number of benzene rings is 3. The van der Waals surface area contributed by atoms with Crippen molar-refractivity contribution < 1.29 is 67.4 Å². The molecule has 0 atom stereocenters. The summed E-state index contributed by atoms with van der Waals surface area (Å²) in [6, 6.07) is 10.9. The first-order chi connectivity index (χ1) is 23.2. The fraction of sp³-hybridized carbons (Fsp3) is 0.217. The number of nitrogens with zero attached hydrogens (tertiary/aromatic N) is 4. The number of nitrogens with two attached hydrogens (primary N) is 1. The normalized spacial score (nSPS) is 12.7. The molecule has 3 aromatic rings. The number of rotatable bonds is 20. The molecule has 0 aliphatic carbocycles. The van der Waals surface area contributed by atoms with Gasteiger partial charge >= 0.3 is 0 Å². The van der Waals surface area contributed by atoms with Crippen LogP contribution in [0.25, 0.3) is 0 Å². The Morgan fingerprint density at radius 1 is 0.714 bits per heavy atom. The average Bonchev–Trinajstić information content (AvgIpc) is 3.06. The van der Waals surface area contributed by atoms with Crippen LogP contribution < -0.4 is 11.1 Å². The molecule has 0 aromatic heterocycles. The van der Waals surface area contributed by atoms with Crippen molar-refractivity contribution >= 4 is 88.6 Å². The minimum absolute atomic E-state index is 0.0251. The van der Waals surface area contributed by atoms with E-state index in [4.69, 9.17) is 24.6 Å². The summed E-state index contributed by atoms with van der Waals surface area (Å²) in [6.45, 7) is -0.703. The van der Waals surface area contributed by atoms with Crippen LogP contribution in [0.5, 0.6) is 0 Å². The van der Waals surface area contributed by atoms with Gasteiger partial charge in [-0.1, -0.05) is 10.1 Å². The zero-order valence-corrected chi connectivity index (χ0v) is 28.8. The summed E-state index contributed by atoms with van der Waals surface area (Å²) >= 11 is 0.403. The lowest BCUT2D eigenvalue weighted by molar-refractivity contribution is -0.434. The summed E-state index contributed by atoms with van der Waals surface area (Å²) in [5, 5.41) is 41.6. The van der Waals surface area contributed by atoms with E-state index in [2.05, 4.69) is 44.5 Å². The van der Waals surface area contributed by atoms with Gasteiger partial charge in [-0.25, -0.2) is 27.4 Å². The summed E-state index contributed by atoms with van der Waals surface area (Å²) in [7, 11) is -11.3. The molecule has 0 radical (unpaired) electrons. The first-order valence-electron chi connectivity index (χ1n) is 12.9. The van der Waals surface area contributed by atoms with Gasteiger partial charge in [0.05, 0.1) is 51.6 Å². The number of hydrogen-bond donors (Lipinski definition) is 5. The summed E-state index contributed by atoms with van der Waals surface area (Å²) in [5.41, 5.74) is 6.61. The van der Waals surface area contributed by atoms with E-state index in [0.717, 1.165) is 12.1 Å². The molecule has 0 saturated carbocycles. The van der Waals surface area contributed by atoms with Gasteiger partial charge in [0.25, 0.3) is 10.1 Å². The Kier molecular flexibility index (Phi) is 15.2. The first-order valence-corrected chi connectivity index (χ1v) is 18.9. The Morgan fingerprint density at radius 2 is 1.24 bits per heavy atom. The highest BCUT2D eigenvalue weighted by Gasteiger charge is 2.22. The van der Waals surface area contributed by atoms with Crippen LogP contribution in [0.1, 0.15) is 0 Å². The van der Waals surface area contributed by atoms with Gasteiger partial charge in [0, 0.05) is 7.05 Å². The third kappa shape index (κ3) is 12.2. The third-order valence-electron chi connectivity index (χ3n) is 5.80. The maximum atomic E-state index is 12.7. The van der Waals surface area contributed by atoms with E-state index >= 15 is 0 Å². The van der Waals surface area contributed by atoms with E-state index < -0.39 is 63.4 Å². The monoisotopic (exact) mass is 786 g/mol. The first kappa shape index (κ1) is 40.1. The highest BCUT2D eigenvalue weighted by molar-refractivity contribution is 7.92. The highest BCUT2D eigenvalue weighted by atomic mass is 32.2. The molecule has 0 fully saturated rings. The molecule has 0 saturated heterocycles. The van der Waals surface area contributed by atoms with Crippen LogP contribution in [0.3, 0.4) is 0 Å². The molecule has 3 aromatic carbocycles. The number of anilines is 2. The van der Waals surface area contributed by atoms with Crippen LogP contribution in [0.15, 0.2) is 89.7 Å². The Balaban J connectivity index is 1.84. The van der Waals surface area contributed by atoms with Crippen molar-refractivity contribution in [2.75, 3.05) is 42.8 Å². The van der Waals surface area contributed by atoms with Crippen LogP contribution in [0, 0.1) is 0 Å². The van der Waals surface area contributed by atoms with Crippen LogP contribution in [-0.4, -0.2) is 72.1 Å². The van der Waals surface area contributed by atoms with Crippen LogP contribution in [-0.2, 0) is 56.9 Å². The van der Waals surface area contributed by atoms with Crippen molar-refractivity contribution in [3.8, 4) is 0 Å². The zero-order valence-electron chi connectivity index (χ0n) is 24.7. The van der Waals surface area contributed by atoms with E-state index in [0.29, 0.717) is 11.8 Å². The molecule has 0 heterocycles. The van der Waals surface area contributed by atoms with E-state index in [1.807, 2.05) is 0 Å². The molecule has 21 nitrogen and oxygen atoms in total. The smallest absolute Gasteiger partial charge is 0.296 e. The molecule has 49 heavy (non-hydrogen) atoms. The number of nitrogens with one attached hydrogen (secondary N) is 1. The number of azo groups is 2. The Labute approximate surface area is 287 Å². The van der Waals surface area contributed by atoms with Crippen LogP contribution in [0.4, 0.5) is 34.1 Å². The second-order valence-corrected chi connectivity index (χ2v) is 15.5. The van der Waals surface area contributed by atoms with Crippen molar-refractivity contribution in [3.63, 3.8) is 0 Å². The van der Waals surface area contributed by atoms with E-state index in [1.54, 1.807) is 7.05 Å². The van der Waals surface area contributed by atoms with Gasteiger partial charge < -0.3 is 11.1 Å². The van der Waals surface area contributed by atoms with E-state index in [9.17, 15) is 29.8 Å². The Bertz CT molecular complexity index is 1960. The lowest BCUT2D eigenvalue weighted by Crippen LogP contribution is -2.12. The van der Waals surface area contributed by atoms with Crippen molar-refractivity contribution in [2.45, 2.75) is 14.7 Å². The topological polar surface area (TPSA) is 306 Å². The molecule has 3 rings (SSSR count). The SMILES string of the molecule is CNc1cc(N)c(/N=N/c2ccc(S(=O)(=O)CCOSOOO)cc2)cc1/N=N/c1ccc(S(=O)(=O)CCOSOOO)cc1S(=O)(=O)O. The molecular formula is C23H26N6O15S5. The average molecular weight is 787 g/mol. The summed E-state index contributed by atoms with van der Waals surface area (Å²) in [6.07, 6.45) is 0. The lowest BCUT2D eigenvalue weighted by atomic mass is 10.2. The fourth-order valence-corrected chi connectivity index (χ4v) is 7.10. The largest absolute Gasteiger partial charge is 0.397 e. The quantitative estimate of drug-likeness (QED) is 0.0193. The van der Waals surface area contributed by atoms with Crippen molar-refractivity contribution in [2.24, 2.45) is 20.5 Å². The second-order valence-electron chi connectivity index (χ2n) is 8.88. The zero-order chi connectivity index (χ0) is 36.1. The molecule has 0 amide bonds. The highest BCUT2D eigenvalue weighted by Crippen LogP contribution is 2.38. The lowest BCUT2D eigenvalue weighted by Gasteiger charge is -2.09. The second kappa shape index (κ2) is 18.6. The number of hydrogen-bond acceptors (Lipinski definition) is 22. The maximum absolute atomic E-state index is 12.7. The number of sulfone groups is 2.